The van der Waals surface area contributed by atoms with Gasteiger partial charge in [-0.2, -0.15) is 4.98 Å². The summed E-state index contributed by atoms with van der Waals surface area (Å²) in [6, 6.07) is 5.69. The molecule has 1 heterocycles. The molecule has 0 unspecified atom stereocenters. The van der Waals surface area contributed by atoms with Crippen LogP contribution in [0.1, 0.15) is 13.8 Å². The molecule has 0 bridgehead atoms. The molecule has 0 aliphatic carbocycles. The van der Waals surface area contributed by atoms with Crippen LogP contribution >= 0.6 is 0 Å². The molecule has 0 aliphatic rings. The largest absolute Gasteiger partial charge is 0.481 e. The second-order valence-electron chi connectivity index (χ2n) is 4.11. The maximum atomic E-state index is 5.71. The summed E-state index contributed by atoms with van der Waals surface area (Å²) in [5.74, 6) is 1.48. The van der Waals surface area contributed by atoms with E-state index in [2.05, 4.69) is 23.7 Å². The predicted molar refractivity (Wildman–Crippen MR) is 62.3 cm³/mol. The number of pyridine rings is 1. The molecule has 1 aromatic heterocycles. The summed E-state index contributed by atoms with van der Waals surface area (Å²) in [6.07, 6.45) is 0. The molecule has 0 saturated heterocycles. The number of methoxy groups -OCH3 is 1. The second-order valence-corrected chi connectivity index (χ2v) is 4.11. The third-order valence-electron chi connectivity index (χ3n) is 2.67. The third kappa shape index (κ3) is 2.59. The Morgan fingerprint density at radius 2 is 2.13 bits per heavy atom. The Hall–Kier alpha value is -1.29. The zero-order valence-electron chi connectivity index (χ0n) is 9.82. The third-order valence-corrected chi connectivity index (χ3v) is 2.67. The Balaban J connectivity index is 2.95. The normalized spacial score (nSPS) is 11.3. The van der Waals surface area contributed by atoms with Crippen molar-refractivity contribution in [1.29, 1.82) is 0 Å². The molecular weight excluding hydrogens is 190 g/mol. The Morgan fingerprint density at radius 3 is 2.67 bits per heavy atom. The second kappa shape index (κ2) is 4.49. The Kier molecular flexibility index (Phi) is 3.52. The molecule has 0 aliphatic heterocycles. The van der Waals surface area contributed by atoms with Gasteiger partial charge in [0.25, 0.3) is 0 Å². The first-order valence-electron chi connectivity index (χ1n) is 4.96. The van der Waals surface area contributed by atoms with E-state index < -0.39 is 0 Å². The zero-order valence-corrected chi connectivity index (χ0v) is 9.82. The lowest BCUT2D eigenvalue weighted by molar-refractivity contribution is 0.396. The fraction of sp³-hybridized carbons (Fsp3) is 0.545. The van der Waals surface area contributed by atoms with Crippen LogP contribution in [-0.2, 0) is 0 Å². The monoisotopic (exact) mass is 209 g/mol. The van der Waals surface area contributed by atoms with Crippen LogP contribution in [0.15, 0.2) is 18.2 Å². The summed E-state index contributed by atoms with van der Waals surface area (Å²) in [6.45, 7) is 4.73. The Labute approximate surface area is 91.1 Å². The van der Waals surface area contributed by atoms with E-state index in [0.717, 1.165) is 5.82 Å². The van der Waals surface area contributed by atoms with E-state index in [1.165, 1.54) is 0 Å². The van der Waals surface area contributed by atoms with Crippen LogP contribution in [0.2, 0.25) is 0 Å². The summed E-state index contributed by atoms with van der Waals surface area (Å²) >= 11 is 0. The lowest BCUT2D eigenvalue weighted by Crippen LogP contribution is -2.47. The molecule has 0 radical (unpaired) electrons. The van der Waals surface area contributed by atoms with Gasteiger partial charge in [-0.1, -0.05) is 6.07 Å². The van der Waals surface area contributed by atoms with Crippen LogP contribution in [0, 0.1) is 0 Å². The molecule has 0 saturated carbocycles. The van der Waals surface area contributed by atoms with Crippen molar-refractivity contribution >= 4 is 5.82 Å². The van der Waals surface area contributed by atoms with E-state index >= 15 is 0 Å². The quantitative estimate of drug-likeness (QED) is 0.811. The van der Waals surface area contributed by atoms with Gasteiger partial charge in [-0.15, -0.1) is 0 Å². The Morgan fingerprint density at radius 1 is 1.47 bits per heavy atom. The molecule has 2 N–H and O–H groups in total. The topological polar surface area (TPSA) is 51.4 Å². The fourth-order valence-corrected chi connectivity index (χ4v) is 1.15. The molecule has 1 rings (SSSR count). The van der Waals surface area contributed by atoms with Gasteiger partial charge in [0.2, 0.25) is 5.88 Å². The highest BCUT2D eigenvalue weighted by Crippen LogP contribution is 2.21. The summed E-state index contributed by atoms with van der Waals surface area (Å²) in [7, 11) is 3.59. The standard InChI is InChI=1S/C11H19N3O/c1-11(2,8-12)14(3)9-6-5-7-10(13-9)15-4/h5-7H,8,12H2,1-4H3. The van der Waals surface area contributed by atoms with Gasteiger partial charge in [0.15, 0.2) is 0 Å². The number of ether oxygens (including phenoxy) is 1. The molecule has 1 aromatic rings. The number of likely N-dealkylation sites (N-methyl/N-ethyl adjacent to an activating group) is 1. The minimum Gasteiger partial charge on any atom is -0.481 e. The molecule has 0 fully saturated rings. The number of hydrogen-bond acceptors (Lipinski definition) is 4. The van der Waals surface area contributed by atoms with Crippen molar-refractivity contribution in [3.05, 3.63) is 18.2 Å². The SMILES string of the molecule is COc1cccc(N(C)C(C)(C)CN)n1. The van der Waals surface area contributed by atoms with Crippen LogP contribution in [0.5, 0.6) is 5.88 Å². The fourth-order valence-electron chi connectivity index (χ4n) is 1.15. The van der Waals surface area contributed by atoms with Gasteiger partial charge in [0, 0.05) is 25.2 Å². The maximum Gasteiger partial charge on any atom is 0.214 e. The first-order valence-corrected chi connectivity index (χ1v) is 4.96. The highest BCUT2D eigenvalue weighted by molar-refractivity contribution is 5.42. The van der Waals surface area contributed by atoms with E-state index in [-0.39, 0.29) is 5.54 Å². The summed E-state index contributed by atoms with van der Waals surface area (Å²) in [4.78, 5) is 6.40. The molecule has 84 valence electrons. The maximum absolute atomic E-state index is 5.71. The predicted octanol–water partition coefficient (Wildman–Crippen LogP) is 1.26. The highest BCUT2D eigenvalue weighted by Gasteiger charge is 2.22. The van der Waals surface area contributed by atoms with Crippen molar-refractivity contribution in [3.8, 4) is 5.88 Å². The van der Waals surface area contributed by atoms with Crippen molar-refractivity contribution in [1.82, 2.24) is 4.98 Å². The number of nitrogens with zero attached hydrogens (tertiary/aromatic N) is 2. The van der Waals surface area contributed by atoms with E-state index in [9.17, 15) is 0 Å². The number of rotatable bonds is 4. The first-order chi connectivity index (χ1) is 7.01. The number of hydrogen-bond donors (Lipinski definition) is 1. The molecular formula is C11H19N3O. The molecule has 15 heavy (non-hydrogen) atoms. The van der Waals surface area contributed by atoms with Crippen LogP contribution in [0.3, 0.4) is 0 Å². The van der Waals surface area contributed by atoms with Crippen molar-refractivity contribution in [2.75, 3.05) is 25.6 Å². The van der Waals surface area contributed by atoms with Crippen molar-refractivity contribution < 1.29 is 4.74 Å². The molecule has 0 atom stereocenters. The molecule has 0 spiro atoms. The van der Waals surface area contributed by atoms with E-state index in [1.54, 1.807) is 7.11 Å². The van der Waals surface area contributed by atoms with Crippen LogP contribution < -0.4 is 15.4 Å². The zero-order chi connectivity index (χ0) is 11.5. The number of aromatic nitrogens is 1. The van der Waals surface area contributed by atoms with Crippen molar-refractivity contribution in [2.24, 2.45) is 5.73 Å². The minimum atomic E-state index is -0.112. The number of anilines is 1. The summed E-state index contributed by atoms with van der Waals surface area (Å²) < 4.78 is 5.08. The van der Waals surface area contributed by atoms with Gasteiger partial charge in [0.05, 0.1) is 7.11 Å². The van der Waals surface area contributed by atoms with Crippen LogP contribution in [0.25, 0.3) is 0 Å². The molecule has 4 heteroatoms. The van der Waals surface area contributed by atoms with Crippen LogP contribution in [-0.4, -0.2) is 31.2 Å². The smallest absolute Gasteiger partial charge is 0.214 e. The van der Waals surface area contributed by atoms with E-state index in [4.69, 9.17) is 10.5 Å². The van der Waals surface area contributed by atoms with Crippen LogP contribution in [0.4, 0.5) is 5.82 Å². The minimum absolute atomic E-state index is 0.112. The average molecular weight is 209 g/mol. The highest BCUT2D eigenvalue weighted by atomic mass is 16.5. The van der Waals surface area contributed by atoms with E-state index in [0.29, 0.717) is 12.4 Å². The van der Waals surface area contributed by atoms with Crippen molar-refractivity contribution in [3.63, 3.8) is 0 Å². The summed E-state index contributed by atoms with van der Waals surface area (Å²) in [5, 5.41) is 0. The average Bonchev–Trinajstić information content (AvgIpc) is 2.28. The van der Waals surface area contributed by atoms with E-state index in [1.807, 2.05) is 25.2 Å². The molecule has 4 nitrogen and oxygen atoms in total. The van der Waals surface area contributed by atoms with Gasteiger partial charge >= 0.3 is 0 Å². The lowest BCUT2D eigenvalue weighted by atomic mass is 10.0. The first kappa shape index (κ1) is 11.8. The van der Waals surface area contributed by atoms with Gasteiger partial charge in [-0.25, -0.2) is 0 Å². The number of nitrogens with two attached hydrogens (primary N) is 1. The van der Waals surface area contributed by atoms with Gasteiger partial charge in [-0.3, -0.25) is 0 Å². The van der Waals surface area contributed by atoms with Gasteiger partial charge in [-0.05, 0) is 19.9 Å². The Bertz CT molecular complexity index is 325. The van der Waals surface area contributed by atoms with Gasteiger partial charge in [0.1, 0.15) is 5.82 Å². The lowest BCUT2D eigenvalue weighted by Gasteiger charge is -2.35. The van der Waals surface area contributed by atoms with Gasteiger partial charge < -0.3 is 15.4 Å². The van der Waals surface area contributed by atoms with Crippen molar-refractivity contribution in [2.45, 2.75) is 19.4 Å². The molecule has 0 amide bonds. The summed E-state index contributed by atoms with van der Waals surface area (Å²) in [5.41, 5.74) is 5.60. The molecule has 0 aromatic carbocycles.